The smallest absolute Gasteiger partial charge is 0.416 e. The number of halogens is 4. The third-order valence-corrected chi connectivity index (χ3v) is 3.15. The molecule has 0 saturated heterocycles. The SMILES string of the molecule is O=C(COc1ccc(F)cc1)NNC(=S)Nc1cccc(C(F)(F)F)c1. The monoisotopic (exact) mass is 387 g/mol. The molecule has 0 spiro atoms. The maximum atomic E-state index is 12.7. The Balaban J connectivity index is 1.77. The molecule has 0 bridgehead atoms. The minimum absolute atomic E-state index is 0.106. The summed E-state index contributed by atoms with van der Waals surface area (Å²) in [6.45, 7) is -0.370. The number of thiocarbonyl (C=S) groups is 1. The van der Waals surface area contributed by atoms with E-state index < -0.39 is 23.5 Å². The molecular formula is C16H13F4N3O2S. The van der Waals surface area contributed by atoms with Gasteiger partial charge >= 0.3 is 6.18 Å². The van der Waals surface area contributed by atoms with E-state index in [2.05, 4.69) is 16.2 Å². The van der Waals surface area contributed by atoms with Gasteiger partial charge in [-0.2, -0.15) is 13.2 Å². The average molecular weight is 387 g/mol. The zero-order valence-corrected chi connectivity index (χ0v) is 13.9. The van der Waals surface area contributed by atoms with Crippen molar-refractivity contribution in [3.8, 4) is 5.75 Å². The number of ether oxygens (including phenoxy) is 1. The number of nitrogens with one attached hydrogen (secondary N) is 3. The fourth-order valence-corrected chi connectivity index (χ4v) is 1.95. The van der Waals surface area contributed by atoms with E-state index in [-0.39, 0.29) is 17.4 Å². The Bertz CT molecular complexity index is 782. The summed E-state index contributed by atoms with van der Waals surface area (Å²) in [5.74, 6) is -0.733. The van der Waals surface area contributed by atoms with Crippen LogP contribution in [0.3, 0.4) is 0 Å². The first-order valence-corrected chi connectivity index (χ1v) is 7.56. The Labute approximate surface area is 151 Å². The van der Waals surface area contributed by atoms with Crippen LogP contribution in [-0.2, 0) is 11.0 Å². The number of benzene rings is 2. The first-order chi connectivity index (χ1) is 12.2. The number of rotatable bonds is 4. The molecule has 3 N–H and O–H groups in total. The normalized spacial score (nSPS) is 10.8. The van der Waals surface area contributed by atoms with Crippen molar-refractivity contribution in [2.45, 2.75) is 6.18 Å². The van der Waals surface area contributed by atoms with E-state index in [1.807, 2.05) is 0 Å². The topological polar surface area (TPSA) is 62.4 Å². The highest BCUT2D eigenvalue weighted by molar-refractivity contribution is 7.80. The maximum absolute atomic E-state index is 12.7. The Kier molecular flexibility index (Phi) is 6.34. The lowest BCUT2D eigenvalue weighted by molar-refractivity contribution is -0.137. The second kappa shape index (κ2) is 8.48. The van der Waals surface area contributed by atoms with Gasteiger partial charge in [0, 0.05) is 5.69 Å². The summed E-state index contributed by atoms with van der Waals surface area (Å²) in [6, 6.07) is 9.50. The number of hydrogen-bond acceptors (Lipinski definition) is 3. The first-order valence-electron chi connectivity index (χ1n) is 7.15. The molecule has 0 unspecified atom stereocenters. The predicted octanol–water partition coefficient (Wildman–Crippen LogP) is 3.24. The first kappa shape index (κ1) is 19.4. The lowest BCUT2D eigenvalue weighted by atomic mass is 10.2. The molecule has 1 amide bonds. The number of carbonyl (C=O) groups excluding carboxylic acids is 1. The molecule has 0 heterocycles. The molecule has 0 aliphatic rings. The van der Waals surface area contributed by atoms with Crippen LogP contribution in [0.4, 0.5) is 23.2 Å². The molecule has 0 radical (unpaired) electrons. The Hall–Kier alpha value is -2.88. The molecule has 0 saturated carbocycles. The van der Waals surface area contributed by atoms with Crippen molar-refractivity contribution in [1.82, 2.24) is 10.9 Å². The third-order valence-electron chi connectivity index (χ3n) is 2.95. The number of amides is 1. The number of alkyl halides is 3. The molecule has 0 aromatic heterocycles. The minimum Gasteiger partial charge on any atom is -0.484 e. The van der Waals surface area contributed by atoms with Crippen LogP contribution in [-0.4, -0.2) is 17.6 Å². The molecule has 5 nitrogen and oxygen atoms in total. The Morgan fingerprint density at radius 1 is 1.08 bits per heavy atom. The van der Waals surface area contributed by atoms with Gasteiger partial charge in [-0.25, -0.2) is 4.39 Å². The van der Waals surface area contributed by atoms with Gasteiger partial charge in [0.1, 0.15) is 11.6 Å². The van der Waals surface area contributed by atoms with Gasteiger partial charge in [0.25, 0.3) is 5.91 Å². The Morgan fingerprint density at radius 3 is 2.42 bits per heavy atom. The molecule has 0 atom stereocenters. The summed E-state index contributed by atoms with van der Waals surface area (Å²) in [4.78, 5) is 11.6. The molecule has 2 aromatic carbocycles. The van der Waals surface area contributed by atoms with E-state index in [1.165, 1.54) is 36.4 Å². The van der Waals surface area contributed by atoms with Gasteiger partial charge < -0.3 is 10.1 Å². The van der Waals surface area contributed by atoms with Crippen molar-refractivity contribution in [3.63, 3.8) is 0 Å². The van der Waals surface area contributed by atoms with Crippen molar-refractivity contribution in [2.24, 2.45) is 0 Å². The second-order valence-corrected chi connectivity index (χ2v) is 5.36. The molecule has 26 heavy (non-hydrogen) atoms. The van der Waals surface area contributed by atoms with E-state index in [0.29, 0.717) is 5.75 Å². The largest absolute Gasteiger partial charge is 0.484 e. The van der Waals surface area contributed by atoms with E-state index in [0.717, 1.165) is 12.1 Å². The average Bonchev–Trinajstić information content (AvgIpc) is 2.59. The van der Waals surface area contributed by atoms with Crippen LogP contribution in [0.2, 0.25) is 0 Å². The fourth-order valence-electron chi connectivity index (χ4n) is 1.78. The van der Waals surface area contributed by atoms with Crippen LogP contribution in [0.15, 0.2) is 48.5 Å². The van der Waals surface area contributed by atoms with E-state index in [4.69, 9.17) is 17.0 Å². The molecule has 2 rings (SSSR count). The zero-order valence-electron chi connectivity index (χ0n) is 13.1. The molecule has 0 aliphatic carbocycles. The van der Waals surface area contributed by atoms with Crippen LogP contribution < -0.4 is 20.9 Å². The summed E-state index contributed by atoms with van der Waals surface area (Å²) in [5.41, 5.74) is 3.82. The maximum Gasteiger partial charge on any atom is 0.416 e. The fraction of sp³-hybridized carbons (Fsp3) is 0.125. The zero-order chi connectivity index (χ0) is 19.2. The number of hydrogen-bond donors (Lipinski definition) is 3. The molecule has 138 valence electrons. The lowest BCUT2D eigenvalue weighted by Crippen LogP contribution is -2.45. The number of carbonyl (C=O) groups is 1. The predicted molar refractivity (Wildman–Crippen MR) is 90.8 cm³/mol. The van der Waals surface area contributed by atoms with Gasteiger partial charge in [-0.3, -0.25) is 15.6 Å². The molecule has 0 aliphatic heterocycles. The van der Waals surface area contributed by atoms with E-state index in [9.17, 15) is 22.4 Å². The summed E-state index contributed by atoms with van der Waals surface area (Å²) in [7, 11) is 0. The van der Waals surface area contributed by atoms with Crippen molar-refractivity contribution in [1.29, 1.82) is 0 Å². The lowest BCUT2D eigenvalue weighted by Gasteiger charge is -2.13. The van der Waals surface area contributed by atoms with Crippen molar-refractivity contribution < 1.29 is 27.1 Å². The van der Waals surface area contributed by atoms with Gasteiger partial charge in [0.15, 0.2) is 11.7 Å². The van der Waals surface area contributed by atoms with Gasteiger partial charge in [-0.1, -0.05) is 6.07 Å². The second-order valence-electron chi connectivity index (χ2n) is 4.95. The number of anilines is 1. The molecular weight excluding hydrogens is 374 g/mol. The Morgan fingerprint density at radius 2 is 1.77 bits per heavy atom. The van der Waals surface area contributed by atoms with Crippen molar-refractivity contribution >= 4 is 28.9 Å². The summed E-state index contributed by atoms with van der Waals surface area (Å²) in [5, 5.41) is 2.40. The van der Waals surface area contributed by atoms with Crippen LogP contribution in [0.1, 0.15) is 5.56 Å². The summed E-state index contributed by atoms with van der Waals surface area (Å²) >= 11 is 4.88. The highest BCUT2D eigenvalue weighted by Crippen LogP contribution is 2.30. The highest BCUT2D eigenvalue weighted by Gasteiger charge is 2.30. The molecule has 10 heteroatoms. The van der Waals surface area contributed by atoms with Crippen LogP contribution in [0.25, 0.3) is 0 Å². The van der Waals surface area contributed by atoms with Gasteiger partial charge in [0.2, 0.25) is 0 Å². The van der Waals surface area contributed by atoms with Crippen LogP contribution in [0, 0.1) is 5.82 Å². The van der Waals surface area contributed by atoms with E-state index in [1.54, 1.807) is 0 Å². The van der Waals surface area contributed by atoms with Crippen molar-refractivity contribution in [3.05, 3.63) is 59.9 Å². The molecule has 2 aromatic rings. The van der Waals surface area contributed by atoms with Crippen molar-refractivity contribution in [2.75, 3.05) is 11.9 Å². The highest BCUT2D eigenvalue weighted by atomic mass is 32.1. The van der Waals surface area contributed by atoms with Gasteiger partial charge in [-0.05, 0) is 54.7 Å². The van der Waals surface area contributed by atoms with Crippen LogP contribution in [0.5, 0.6) is 5.75 Å². The minimum atomic E-state index is -4.47. The van der Waals surface area contributed by atoms with Gasteiger partial charge in [0.05, 0.1) is 5.56 Å². The third kappa shape index (κ3) is 6.20. The summed E-state index contributed by atoms with van der Waals surface area (Å²) in [6.07, 6.45) is -4.47. The quantitative estimate of drug-likeness (QED) is 0.427. The molecule has 0 fully saturated rings. The summed E-state index contributed by atoms with van der Waals surface area (Å²) < 4.78 is 55.8. The van der Waals surface area contributed by atoms with E-state index >= 15 is 0 Å². The van der Waals surface area contributed by atoms with Gasteiger partial charge in [-0.15, -0.1) is 0 Å². The number of hydrazine groups is 1. The standard InChI is InChI=1S/C16H13F4N3O2S/c17-11-4-6-13(7-5-11)25-9-14(24)22-23-15(26)21-12-3-1-2-10(8-12)16(18,19)20/h1-8H,9H2,(H,22,24)(H2,21,23,26). The van der Waals surface area contributed by atoms with Crippen LogP contribution >= 0.6 is 12.2 Å².